The lowest BCUT2D eigenvalue weighted by atomic mass is 10.1. The van der Waals surface area contributed by atoms with Crippen molar-refractivity contribution in [3.05, 3.63) is 47.0 Å². The smallest absolute Gasteiger partial charge is 0.244 e. The van der Waals surface area contributed by atoms with Crippen LogP contribution in [0.1, 0.15) is 12.0 Å². The molecule has 3 rings (SSSR count). The first kappa shape index (κ1) is 18.2. The third-order valence-electron chi connectivity index (χ3n) is 4.31. The second-order valence-electron chi connectivity index (χ2n) is 5.98. The van der Waals surface area contributed by atoms with Crippen LogP contribution in [0.15, 0.2) is 41.5 Å². The molecule has 1 N–H and O–H groups in total. The molecule has 1 aliphatic heterocycles. The lowest BCUT2D eigenvalue weighted by molar-refractivity contribution is 0.296. The van der Waals surface area contributed by atoms with Crippen LogP contribution in [0.5, 0.6) is 5.88 Å². The molecule has 0 spiro atoms. The molecule has 0 amide bonds. The summed E-state index contributed by atoms with van der Waals surface area (Å²) in [4.78, 5) is 4.93. The van der Waals surface area contributed by atoms with Gasteiger partial charge in [0.1, 0.15) is 0 Å². The van der Waals surface area contributed by atoms with Crippen molar-refractivity contribution in [2.45, 2.75) is 18.9 Å². The first-order valence-electron chi connectivity index (χ1n) is 8.14. The fourth-order valence-corrected chi connectivity index (χ4v) is 5.16. The minimum Gasteiger partial charge on any atom is -0.481 e. The molecule has 1 atom stereocenters. The molecule has 0 radical (unpaired) electrons. The summed E-state index contributed by atoms with van der Waals surface area (Å²) in [5, 5.41) is 3.38. The number of rotatable bonds is 5. The zero-order valence-corrected chi connectivity index (χ0v) is 15.6. The lowest BCUT2D eigenvalue weighted by Crippen LogP contribution is -2.53. The Morgan fingerprint density at radius 3 is 3.08 bits per heavy atom. The summed E-state index contributed by atoms with van der Waals surface area (Å²) in [5.74, 6) is 0.575. The first-order chi connectivity index (χ1) is 12.0. The highest BCUT2D eigenvalue weighted by atomic mass is 32.2. The van der Waals surface area contributed by atoms with Crippen LogP contribution in [-0.4, -0.2) is 55.4 Å². The summed E-state index contributed by atoms with van der Waals surface area (Å²) >= 11 is 5.25. The van der Waals surface area contributed by atoms with Crippen molar-refractivity contribution in [3.63, 3.8) is 0 Å². The molecule has 6 nitrogen and oxygen atoms in total. The molecule has 134 valence electrons. The van der Waals surface area contributed by atoms with Gasteiger partial charge >= 0.3 is 0 Å². The third-order valence-corrected chi connectivity index (χ3v) is 6.77. The molecule has 1 aromatic rings. The van der Waals surface area contributed by atoms with E-state index in [1.807, 2.05) is 18.2 Å². The molecule has 8 heteroatoms. The Morgan fingerprint density at radius 1 is 1.48 bits per heavy atom. The van der Waals surface area contributed by atoms with E-state index in [0.29, 0.717) is 43.2 Å². The van der Waals surface area contributed by atoms with Gasteiger partial charge < -0.3 is 10.1 Å². The van der Waals surface area contributed by atoms with E-state index < -0.39 is 10.0 Å². The van der Waals surface area contributed by atoms with Gasteiger partial charge in [0, 0.05) is 48.7 Å². The Hall–Kier alpha value is -1.61. The summed E-state index contributed by atoms with van der Waals surface area (Å²) in [6.07, 6.45) is 8.05. The normalized spacial score (nSPS) is 21.9. The SMILES string of the molecule is COc1ncccc1CC1CN(S(=O)(=O)C2=CC=CCC2=S)CCN1. The van der Waals surface area contributed by atoms with Gasteiger partial charge in [-0.1, -0.05) is 30.4 Å². The molecular weight excluding hydrogens is 358 g/mol. The molecule has 0 saturated carbocycles. The fourth-order valence-electron chi connectivity index (χ4n) is 3.07. The Labute approximate surface area is 153 Å². The van der Waals surface area contributed by atoms with Crippen molar-refractivity contribution in [2.75, 3.05) is 26.7 Å². The van der Waals surface area contributed by atoms with Gasteiger partial charge in [0.15, 0.2) is 0 Å². The van der Waals surface area contributed by atoms with E-state index in [2.05, 4.69) is 10.3 Å². The lowest BCUT2D eigenvalue weighted by Gasteiger charge is -2.34. The predicted octanol–water partition coefficient (Wildman–Crippen LogP) is 1.45. The van der Waals surface area contributed by atoms with Crippen LogP contribution in [0.2, 0.25) is 0 Å². The number of methoxy groups -OCH3 is 1. The van der Waals surface area contributed by atoms with E-state index in [0.717, 1.165) is 5.56 Å². The number of piperazine rings is 1. The molecular formula is C17H21N3O3S2. The number of allylic oxidation sites excluding steroid dienone is 4. The molecule has 0 aromatic carbocycles. The maximum Gasteiger partial charge on any atom is 0.244 e. The van der Waals surface area contributed by atoms with Gasteiger partial charge in [0.05, 0.1) is 12.0 Å². The number of pyridine rings is 1. The number of nitrogens with zero attached hydrogens (tertiary/aromatic N) is 2. The standard InChI is InChI=1S/C17H21N3O3S2/c1-23-17-13(5-4-8-19-17)11-14-12-20(10-9-18-14)25(21,22)16-7-3-2-6-15(16)24/h2-5,7-8,14,18H,6,9-12H2,1H3. The Morgan fingerprint density at radius 2 is 2.32 bits per heavy atom. The van der Waals surface area contributed by atoms with Crippen LogP contribution in [-0.2, 0) is 16.4 Å². The number of ether oxygens (including phenoxy) is 1. The van der Waals surface area contributed by atoms with Gasteiger partial charge in [-0.05, 0) is 18.6 Å². The molecule has 0 bridgehead atoms. The van der Waals surface area contributed by atoms with Gasteiger partial charge in [-0.25, -0.2) is 13.4 Å². The van der Waals surface area contributed by atoms with Crippen LogP contribution < -0.4 is 10.1 Å². The van der Waals surface area contributed by atoms with Gasteiger partial charge in [-0.3, -0.25) is 0 Å². The number of aromatic nitrogens is 1. The van der Waals surface area contributed by atoms with Crippen molar-refractivity contribution >= 4 is 27.1 Å². The summed E-state index contributed by atoms with van der Waals surface area (Å²) in [7, 11) is -1.98. The number of hydrogen-bond acceptors (Lipinski definition) is 6. The zero-order valence-electron chi connectivity index (χ0n) is 14.0. The van der Waals surface area contributed by atoms with Crippen molar-refractivity contribution in [1.82, 2.24) is 14.6 Å². The molecule has 25 heavy (non-hydrogen) atoms. The Bertz CT molecular complexity index is 818. The third kappa shape index (κ3) is 3.98. The summed E-state index contributed by atoms with van der Waals surface area (Å²) in [6.45, 7) is 1.43. The van der Waals surface area contributed by atoms with Crippen molar-refractivity contribution in [3.8, 4) is 5.88 Å². The number of nitrogens with one attached hydrogen (secondary N) is 1. The van der Waals surface area contributed by atoms with Crippen molar-refractivity contribution in [2.24, 2.45) is 0 Å². The van der Waals surface area contributed by atoms with Crippen molar-refractivity contribution < 1.29 is 13.2 Å². The second kappa shape index (κ2) is 7.74. The highest BCUT2D eigenvalue weighted by Gasteiger charge is 2.33. The molecule has 1 aromatic heterocycles. The highest BCUT2D eigenvalue weighted by molar-refractivity contribution is 7.96. The highest BCUT2D eigenvalue weighted by Crippen LogP contribution is 2.23. The Balaban J connectivity index is 1.76. The van der Waals surface area contributed by atoms with Crippen LogP contribution in [0.3, 0.4) is 0 Å². The summed E-state index contributed by atoms with van der Waals surface area (Å²) in [6, 6.07) is 3.80. The first-order valence-corrected chi connectivity index (χ1v) is 9.98. The average molecular weight is 380 g/mol. The quantitative estimate of drug-likeness (QED) is 0.781. The van der Waals surface area contributed by atoms with Gasteiger partial charge in [-0.2, -0.15) is 4.31 Å². The molecule has 1 fully saturated rings. The van der Waals surface area contributed by atoms with Gasteiger partial charge in [-0.15, -0.1) is 0 Å². The van der Waals surface area contributed by atoms with Crippen molar-refractivity contribution in [1.29, 1.82) is 0 Å². The summed E-state index contributed by atoms with van der Waals surface area (Å²) < 4.78 is 32.7. The van der Waals surface area contributed by atoms with E-state index in [1.165, 1.54) is 4.31 Å². The van der Waals surface area contributed by atoms with E-state index in [1.54, 1.807) is 25.5 Å². The van der Waals surface area contributed by atoms with E-state index in [9.17, 15) is 8.42 Å². The zero-order chi connectivity index (χ0) is 17.9. The maximum atomic E-state index is 12.9. The topological polar surface area (TPSA) is 71.5 Å². The number of hydrogen-bond donors (Lipinski definition) is 1. The van der Waals surface area contributed by atoms with Gasteiger partial charge in [0.2, 0.25) is 15.9 Å². The second-order valence-corrected chi connectivity index (χ2v) is 8.38. The molecule has 1 unspecified atom stereocenters. The largest absolute Gasteiger partial charge is 0.481 e. The predicted molar refractivity (Wildman–Crippen MR) is 101 cm³/mol. The number of sulfonamides is 1. The van der Waals surface area contributed by atoms with E-state index >= 15 is 0 Å². The average Bonchev–Trinajstić information content (AvgIpc) is 2.62. The molecule has 1 saturated heterocycles. The molecule has 2 aliphatic rings. The van der Waals surface area contributed by atoms with Gasteiger partial charge in [0.25, 0.3) is 0 Å². The van der Waals surface area contributed by atoms with E-state index in [4.69, 9.17) is 17.0 Å². The van der Waals surface area contributed by atoms with Crippen LogP contribution in [0.4, 0.5) is 0 Å². The maximum absolute atomic E-state index is 12.9. The van der Waals surface area contributed by atoms with Crippen LogP contribution in [0, 0.1) is 0 Å². The minimum atomic E-state index is -3.56. The van der Waals surface area contributed by atoms with Crippen LogP contribution >= 0.6 is 12.2 Å². The van der Waals surface area contributed by atoms with E-state index in [-0.39, 0.29) is 10.9 Å². The summed E-state index contributed by atoms with van der Waals surface area (Å²) in [5.41, 5.74) is 0.956. The minimum absolute atomic E-state index is 0.00470. The van der Waals surface area contributed by atoms with Crippen LogP contribution in [0.25, 0.3) is 0 Å². The fraction of sp³-hybridized carbons (Fsp3) is 0.412. The molecule has 2 heterocycles. The number of thiocarbonyl (C=S) groups is 1. The Kier molecular flexibility index (Phi) is 5.63. The molecule has 1 aliphatic carbocycles. The monoisotopic (exact) mass is 379 g/mol.